The van der Waals surface area contributed by atoms with Crippen LogP contribution in [0.15, 0.2) is 48.5 Å². The zero-order chi connectivity index (χ0) is 19.2. The molecule has 8 heteroatoms. The number of carbonyl (C=O) groups is 1. The molecule has 2 aromatic carbocycles. The molecule has 6 nitrogen and oxygen atoms in total. The molecule has 140 valence electrons. The number of nitrogens with zero attached hydrogens (tertiary/aromatic N) is 1. The monoisotopic (exact) mass is 396 g/mol. The minimum absolute atomic E-state index is 0.184. The molecule has 0 heterocycles. The lowest BCUT2D eigenvalue weighted by Crippen LogP contribution is -2.31. The predicted molar refractivity (Wildman–Crippen MR) is 104 cm³/mol. The molecule has 0 fully saturated rings. The van der Waals surface area contributed by atoms with Gasteiger partial charge < -0.3 is 10.1 Å². The average molecular weight is 397 g/mol. The molecule has 0 aliphatic carbocycles. The molecule has 0 unspecified atom stereocenters. The quantitative estimate of drug-likeness (QED) is 0.740. The van der Waals surface area contributed by atoms with E-state index in [9.17, 15) is 13.2 Å². The third-order valence-electron chi connectivity index (χ3n) is 3.62. The maximum Gasteiger partial charge on any atom is 0.232 e. The summed E-state index contributed by atoms with van der Waals surface area (Å²) in [5, 5.41) is 3.22. The number of halogens is 1. The van der Waals surface area contributed by atoms with E-state index in [1.807, 2.05) is 0 Å². The lowest BCUT2D eigenvalue weighted by atomic mass is 10.2. The number of nitrogens with one attached hydrogen (secondary N) is 1. The summed E-state index contributed by atoms with van der Waals surface area (Å²) in [7, 11) is -1.92. The van der Waals surface area contributed by atoms with E-state index in [0.717, 1.165) is 6.26 Å². The van der Waals surface area contributed by atoms with Crippen molar-refractivity contribution in [2.24, 2.45) is 0 Å². The Labute approximate surface area is 158 Å². The first-order valence-corrected chi connectivity index (χ1v) is 10.2. The number of rotatable bonds is 8. The summed E-state index contributed by atoms with van der Waals surface area (Å²) < 4.78 is 30.5. The van der Waals surface area contributed by atoms with Crippen LogP contribution >= 0.6 is 11.6 Å². The SMILES string of the molecule is COc1cccc(NC(=O)CCCN(c2cccc(Cl)c2)S(C)(=O)=O)c1. The first kappa shape index (κ1) is 20.1. The summed E-state index contributed by atoms with van der Waals surface area (Å²) in [4.78, 5) is 12.1. The second-order valence-corrected chi connectivity index (χ2v) is 8.04. The summed E-state index contributed by atoms with van der Waals surface area (Å²) in [6.07, 6.45) is 1.68. The molecule has 0 radical (unpaired) electrons. The molecule has 26 heavy (non-hydrogen) atoms. The Kier molecular flexibility index (Phi) is 6.88. The van der Waals surface area contributed by atoms with Crippen LogP contribution in [0.5, 0.6) is 5.75 Å². The topological polar surface area (TPSA) is 75.7 Å². The number of methoxy groups -OCH3 is 1. The standard InChI is InChI=1S/C18H21ClN2O4S/c1-25-17-9-4-7-15(13-17)20-18(22)10-5-11-21(26(2,23)24)16-8-3-6-14(19)12-16/h3-4,6-9,12-13H,5,10-11H2,1-2H3,(H,20,22). The van der Waals surface area contributed by atoms with Crippen molar-refractivity contribution in [3.8, 4) is 5.75 Å². The van der Waals surface area contributed by atoms with Gasteiger partial charge in [-0.2, -0.15) is 0 Å². The van der Waals surface area contributed by atoms with Gasteiger partial charge in [0.15, 0.2) is 0 Å². The molecule has 2 rings (SSSR count). The summed E-state index contributed by atoms with van der Waals surface area (Å²) in [5.41, 5.74) is 1.11. The van der Waals surface area contributed by atoms with E-state index in [2.05, 4.69) is 5.32 Å². The maximum absolute atomic E-state index is 12.1. The van der Waals surface area contributed by atoms with Crippen molar-refractivity contribution in [1.29, 1.82) is 0 Å². The molecule has 0 aliphatic heterocycles. The van der Waals surface area contributed by atoms with Crippen molar-refractivity contribution in [2.45, 2.75) is 12.8 Å². The number of sulfonamides is 1. The summed E-state index contributed by atoms with van der Waals surface area (Å²) in [6.45, 7) is 0.185. The van der Waals surface area contributed by atoms with Crippen LogP contribution in [0.4, 0.5) is 11.4 Å². The fourth-order valence-electron chi connectivity index (χ4n) is 2.43. The van der Waals surface area contributed by atoms with E-state index in [0.29, 0.717) is 28.6 Å². The molecule has 2 aromatic rings. The van der Waals surface area contributed by atoms with Crippen LogP contribution in [-0.2, 0) is 14.8 Å². The molecule has 0 saturated carbocycles. The number of ether oxygens (including phenoxy) is 1. The van der Waals surface area contributed by atoms with Gasteiger partial charge in [0.05, 0.1) is 19.1 Å². The van der Waals surface area contributed by atoms with Crippen LogP contribution < -0.4 is 14.4 Å². The van der Waals surface area contributed by atoms with Crippen LogP contribution in [0.3, 0.4) is 0 Å². The number of benzene rings is 2. The number of hydrogen-bond donors (Lipinski definition) is 1. The normalized spacial score (nSPS) is 11.0. The number of amides is 1. The van der Waals surface area contributed by atoms with Gasteiger partial charge in [0.2, 0.25) is 15.9 Å². The van der Waals surface area contributed by atoms with Crippen molar-refractivity contribution in [3.05, 3.63) is 53.6 Å². The van der Waals surface area contributed by atoms with Crippen LogP contribution in [0, 0.1) is 0 Å². The highest BCUT2D eigenvalue weighted by Gasteiger charge is 2.17. The Hall–Kier alpha value is -2.25. The van der Waals surface area contributed by atoms with Gasteiger partial charge in [-0.1, -0.05) is 23.7 Å². The number of hydrogen-bond acceptors (Lipinski definition) is 4. The Morgan fingerprint density at radius 2 is 1.92 bits per heavy atom. The number of anilines is 2. The Morgan fingerprint density at radius 1 is 1.19 bits per heavy atom. The van der Waals surface area contributed by atoms with Gasteiger partial charge in [-0.3, -0.25) is 9.10 Å². The van der Waals surface area contributed by atoms with Gasteiger partial charge in [0, 0.05) is 29.7 Å². The van der Waals surface area contributed by atoms with E-state index in [4.69, 9.17) is 16.3 Å². The van der Waals surface area contributed by atoms with Crippen molar-refractivity contribution >= 4 is 38.9 Å². The highest BCUT2D eigenvalue weighted by atomic mass is 35.5. The second kappa shape index (κ2) is 8.91. The smallest absolute Gasteiger partial charge is 0.232 e. The minimum atomic E-state index is -3.47. The van der Waals surface area contributed by atoms with Crippen LogP contribution in [0.2, 0.25) is 5.02 Å². The molecule has 0 atom stereocenters. The van der Waals surface area contributed by atoms with Crippen LogP contribution in [0.25, 0.3) is 0 Å². The minimum Gasteiger partial charge on any atom is -0.497 e. The molecule has 1 N–H and O–H groups in total. The molecular formula is C18H21ClN2O4S. The van der Waals surface area contributed by atoms with Gasteiger partial charge in [0.25, 0.3) is 0 Å². The summed E-state index contributed by atoms with van der Waals surface area (Å²) in [5.74, 6) is 0.449. The molecule has 0 bridgehead atoms. The first-order chi connectivity index (χ1) is 12.3. The third kappa shape index (κ3) is 5.93. The highest BCUT2D eigenvalue weighted by molar-refractivity contribution is 7.92. The molecule has 1 amide bonds. The summed E-state index contributed by atoms with van der Waals surface area (Å²) >= 11 is 5.94. The van der Waals surface area contributed by atoms with Gasteiger partial charge in [-0.25, -0.2) is 8.42 Å². The average Bonchev–Trinajstić information content (AvgIpc) is 2.57. The van der Waals surface area contributed by atoms with E-state index >= 15 is 0 Å². The zero-order valence-electron chi connectivity index (χ0n) is 14.6. The van der Waals surface area contributed by atoms with E-state index < -0.39 is 10.0 Å². The molecule has 0 aromatic heterocycles. The van der Waals surface area contributed by atoms with E-state index in [1.165, 1.54) is 4.31 Å². The van der Waals surface area contributed by atoms with Crippen molar-refractivity contribution in [1.82, 2.24) is 0 Å². The Balaban J connectivity index is 1.96. The molecule has 0 saturated heterocycles. The maximum atomic E-state index is 12.1. The van der Waals surface area contributed by atoms with Crippen LogP contribution in [0.1, 0.15) is 12.8 Å². The van der Waals surface area contributed by atoms with E-state index in [-0.39, 0.29) is 18.9 Å². The van der Waals surface area contributed by atoms with Crippen LogP contribution in [-0.4, -0.2) is 34.2 Å². The Bertz CT molecular complexity index is 871. The Morgan fingerprint density at radius 3 is 2.58 bits per heavy atom. The van der Waals surface area contributed by atoms with Gasteiger partial charge in [0.1, 0.15) is 5.75 Å². The van der Waals surface area contributed by atoms with Gasteiger partial charge in [-0.15, -0.1) is 0 Å². The largest absolute Gasteiger partial charge is 0.497 e. The predicted octanol–water partition coefficient (Wildman–Crippen LogP) is 3.53. The highest BCUT2D eigenvalue weighted by Crippen LogP contribution is 2.22. The molecular weight excluding hydrogens is 376 g/mol. The first-order valence-electron chi connectivity index (χ1n) is 7.97. The van der Waals surface area contributed by atoms with Crippen molar-refractivity contribution in [2.75, 3.05) is 29.5 Å². The lowest BCUT2D eigenvalue weighted by Gasteiger charge is -2.22. The molecule has 0 spiro atoms. The molecule has 0 aliphatic rings. The summed E-state index contributed by atoms with van der Waals surface area (Å²) in [6, 6.07) is 13.6. The van der Waals surface area contributed by atoms with Crippen molar-refractivity contribution in [3.63, 3.8) is 0 Å². The van der Waals surface area contributed by atoms with E-state index in [1.54, 1.807) is 55.6 Å². The fourth-order valence-corrected chi connectivity index (χ4v) is 3.57. The van der Waals surface area contributed by atoms with Gasteiger partial charge in [-0.05, 0) is 36.8 Å². The number of carbonyl (C=O) groups excluding carboxylic acids is 1. The third-order valence-corrected chi connectivity index (χ3v) is 5.04. The van der Waals surface area contributed by atoms with Gasteiger partial charge >= 0.3 is 0 Å². The lowest BCUT2D eigenvalue weighted by molar-refractivity contribution is -0.116. The zero-order valence-corrected chi connectivity index (χ0v) is 16.2. The fraction of sp³-hybridized carbons (Fsp3) is 0.278. The second-order valence-electron chi connectivity index (χ2n) is 5.70. The van der Waals surface area contributed by atoms with Crippen molar-refractivity contribution < 1.29 is 17.9 Å².